The van der Waals surface area contributed by atoms with Crippen LogP contribution in [0.25, 0.3) is 0 Å². The predicted octanol–water partition coefficient (Wildman–Crippen LogP) is 20.1. The molecule has 90 heavy (non-hydrogen) atoms. The lowest BCUT2D eigenvalue weighted by Crippen LogP contribution is -2.30. The van der Waals surface area contributed by atoms with Gasteiger partial charge < -0.3 is 33.8 Å². The normalized spacial score (nSPS) is 14.9. The SMILES string of the molecule is CCC(C)CCCCCCCCCCC(=O)O[C@H](COC(=O)CCCCCCCCC(C)C)COP(=O)(O)OC[C@H](O)COP(=O)(O)OC[C@@H](COC(=O)CCCCCCCCCCCCCCCCCCC(C)C)OC(=O)CCCCCCCCC(C)CC. The summed E-state index contributed by atoms with van der Waals surface area (Å²) in [5.74, 6) is 0.847. The Kier molecular flexibility index (Phi) is 59.4. The average Bonchev–Trinajstić information content (AvgIpc) is 2.93. The highest BCUT2D eigenvalue weighted by Crippen LogP contribution is 2.45. The van der Waals surface area contributed by atoms with Gasteiger partial charge in [-0.3, -0.25) is 37.3 Å². The zero-order chi connectivity index (χ0) is 66.8. The van der Waals surface area contributed by atoms with Gasteiger partial charge in [-0.15, -0.1) is 0 Å². The lowest BCUT2D eigenvalue weighted by Gasteiger charge is -2.21. The maximum Gasteiger partial charge on any atom is 0.472 e. The van der Waals surface area contributed by atoms with Gasteiger partial charge in [0.15, 0.2) is 12.2 Å². The molecule has 0 heterocycles. The highest BCUT2D eigenvalue weighted by molar-refractivity contribution is 7.47. The Balaban J connectivity index is 5.17. The molecule has 0 amide bonds. The summed E-state index contributed by atoms with van der Waals surface area (Å²) < 4.78 is 68.2. The number of carbonyl (C=O) groups is 4. The van der Waals surface area contributed by atoms with Gasteiger partial charge in [-0.25, -0.2) is 9.13 Å². The molecule has 0 aromatic rings. The van der Waals surface area contributed by atoms with Gasteiger partial charge >= 0.3 is 39.5 Å². The summed E-state index contributed by atoms with van der Waals surface area (Å²) in [6.07, 6.45) is 43.3. The van der Waals surface area contributed by atoms with Gasteiger partial charge in [0.05, 0.1) is 26.4 Å². The van der Waals surface area contributed by atoms with Crippen molar-refractivity contribution in [3.05, 3.63) is 0 Å². The smallest absolute Gasteiger partial charge is 0.462 e. The molecule has 7 atom stereocenters. The molecule has 0 aromatic carbocycles. The van der Waals surface area contributed by atoms with Crippen molar-refractivity contribution >= 4 is 39.5 Å². The number of rotatable bonds is 68. The molecule has 534 valence electrons. The summed E-state index contributed by atoms with van der Waals surface area (Å²) in [6.45, 7) is 14.0. The number of aliphatic hydroxyl groups excluding tert-OH is 1. The Hall–Kier alpha value is -1.94. The Morgan fingerprint density at radius 2 is 0.533 bits per heavy atom. The van der Waals surface area contributed by atoms with Crippen LogP contribution in [0, 0.1) is 23.7 Å². The van der Waals surface area contributed by atoms with Crippen molar-refractivity contribution in [2.75, 3.05) is 39.6 Å². The van der Waals surface area contributed by atoms with Crippen molar-refractivity contribution < 1.29 is 80.2 Å². The Bertz CT molecular complexity index is 1790. The number of hydrogen-bond acceptors (Lipinski definition) is 15. The minimum absolute atomic E-state index is 0.103. The largest absolute Gasteiger partial charge is 0.472 e. The van der Waals surface area contributed by atoms with E-state index >= 15 is 0 Å². The number of ether oxygens (including phenoxy) is 4. The van der Waals surface area contributed by atoms with E-state index in [0.29, 0.717) is 31.6 Å². The third-order valence-corrected chi connectivity index (χ3v) is 18.9. The lowest BCUT2D eigenvalue weighted by atomic mass is 9.99. The van der Waals surface area contributed by atoms with Crippen molar-refractivity contribution in [1.29, 1.82) is 0 Å². The molecule has 0 aliphatic carbocycles. The van der Waals surface area contributed by atoms with Crippen LogP contribution in [0.4, 0.5) is 0 Å². The second-order valence-corrected chi connectivity index (χ2v) is 30.0. The van der Waals surface area contributed by atoms with E-state index < -0.39 is 97.5 Å². The molecule has 4 unspecified atom stereocenters. The van der Waals surface area contributed by atoms with Crippen LogP contribution in [-0.2, 0) is 65.4 Å². The van der Waals surface area contributed by atoms with Gasteiger partial charge in [0.25, 0.3) is 0 Å². The molecule has 0 fully saturated rings. The van der Waals surface area contributed by atoms with E-state index in [-0.39, 0.29) is 25.7 Å². The summed E-state index contributed by atoms with van der Waals surface area (Å²) in [5.41, 5.74) is 0. The van der Waals surface area contributed by atoms with Crippen molar-refractivity contribution in [2.45, 2.75) is 369 Å². The van der Waals surface area contributed by atoms with E-state index in [1.807, 2.05) is 0 Å². The molecule has 3 N–H and O–H groups in total. The third kappa shape index (κ3) is 62.2. The van der Waals surface area contributed by atoms with Crippen LogP contribution in [0.5, 0.6) is 0 Å². The number of carbonyl (C=O) groups excluding carboxylic acids is 4. The van der Waals surface area contributed by atoms with Crippen LogP contribution in [0.1, 0.15) is 351 Å². The molecule has 17 nitrogen and oxygen atoms in total. The van der Waals surface area contributed by atoms with Crippen LogP contribution < -0.4 is 0 Å². The van der Waals surface area contributed by atoms with E-state index in [2.05, 4.69) is 55.4 Å². The number of esters is 4. The Labute approximate surface area is 549 Å². The summed E-state index contributed by atoms with van der Waals surface area (Å²) in [4.78, 5) is 72.5. The highest BCUT2D eigenvalue weighted by atomic mass is 31.2. The quantitative estimate of drug-likeness (QED) is 0.0222. The monoisotopic (exact) mass is 1320 g/mol. The van der Waals surface area contributed by atoms with E-state index in [1.54, 1.807) is 0 Å². The minimum Gasteiger partial charge on any atom is -0.462 e. The van der Waals surface area contributed by atoms with Gasteiger partial charge in [-0.1, -0.05) is 299 Å². The first kappa shape index (κ1) is 88.1. The molecule has 0 saturated heterocycles. The van der Waals surface area contributed by atoms with Crippen molar-refractivity contribution in [3.63, 3.8) is 0 Å². The molecule has 0 aromatic heterocycles. The molecule has 19 heteroatoms. The molecule has 0 spiro atoms. The molecule has 0 saturated carbocycles. The topological polar surface area (TPSA) is 237 Å². The Morgan fingerprint density at radius 1 is 0.311 bits per heavy atom. The molecular formula is C71H138O17P2. The first-order chi connectivity index (χ1) is 43.2. The number of aliphatic hydroxyl groups is 1. The summed E-state index contributed by atoms with van der Waals surface area (Å²) in [6, 6.07) is 0. The van der Waals surface area contributed by atoms with Crippen LogP contribution in [0.2, 0.25) is 0 Å². The zero-order valence-electron chi connectivity index (χ0n) is 58.8. The highest BCUT2D eigenvalue weighted by Gasteiger charge is 2.30. The van der Waals surface area contributed by atoms with Crippen LogP contribution in [0.3, 0.4) is 0 Å². The molecule has 0 aliphatic heterocycles. The van der Waals surface area contributed by atoms with E-state index in [1.165, 1.54) is 148 Å². The van der Waals surface area contributed by atoms with Gasteiger partial charge in [0, 0.05) is 25.7 Å². The van der Waals surface area contributed by atoms with E-state index in [9.17, 15) is 43.2 Å². The second-order valence-electron chi connectivity index (χ2n) is 27.1. The first-order valence-corrected chi connectivity index (χ1v) is 39.8. The van der Waals surface area contributed by atoms with Crippen LogP contribution >= 0.6 is 15.6 Å². The predicted molar refractivity (Wildman–Crippen MR) is 363 cm³/mol. The fourth-order valence-electron chi connectivity index (χ4n) is 10.6. The van der Waals surface area contributed by atoms with Crippen LogP contribution in [0.15, 0.2) is 0 Å². The number of phosphoric ester groups is 2. The van der Waals surface area contributed by atoms with Crippen molar-refractivity contribution in [2.24, 2.45) is 23.7 Å². The Morgan fingerprint density at radius 3 is 0.789 bits per heavy atom. The maximum atomic E-state index is 13.0. The third-order valence-electron chi connectivity index (χ3n) is 17.0. The molecule has 0 aliphatic rings. The van der Waals surface area contributed by atoms with Crippen LogP contribution in [-0.4, -0.2) is 96.7 Å². The molecular weight excluding hydrogens is 1190 g/mol. The number of unbranched alkanes of at least 4 members (excludes halogenated alkanes) is 32. The summed E-state index contributed by atoms with van der Waals surface area (Å²) >= 11 is 0. The number of phosphoric acid groups is 2. The molecule has 0 bridgehead atoms. The maximum absolute atomic E-state index is 13.0. The first-order valence-electron chi connectivity index (χ1n) is 36.8. The van der Waals surface area contributed by atoms with E-state index in [0.717, 1.165) is 114 Å². The summed E-state index contributed by atoms with van der Waals surface area (Å²) in [7, 11) is -9.90. The average molecular weight is 1330 g/mol. The number of hydrogen-bond donors (Lipinski definition) is 3. The zero-order valence-corrected chi connectivity index (χ0v) is 60.6. The van der Waals surface area contributed by atoms with Crippen molar-refractivity contribution in [3.8, 4) is 0 Å². The van der Waals surface area contributed by atoms with Gasteiger partial charge in [-0.05, 0) is 49.4 Å². The van der Waals surface area contributed by atoms with Gasteiger partial charge in [-0.2, -0.15) is 0 Å². The summed E-state index contributed by atoms with van der Waals surface area (Å²) in [5, 5.41) is 10.6. The molecule has 0 rings (SSSR count). The van der Waals surface area contributed by atoms with Gasteiger partial charge in [0.2, 0.25) is 0 Å². The molecule has 0 radical (unpaired) electrons. The standard InChI is InChI=1S/C71H138O17P2/c1-9-63(7)49-41-33-24-21-22-26-37-45-53-70(75)87-66(58-82-69(74)52-44-36-29-27-32-40-48-62(5)6)59-85-89(77,78)83-55-65(72)56-84-90(79,80)86-60-67(88-71(76)54-46-38-30-28-34-42-50-64(8)10-2)57-81-68(73)51-43-35-25-20-18-16-14-12-11-13-15-17-19-23-31-39-47-61(3)4/h61-67,72H,9-60H2,1-8H3,(H,77,78)(H,79,80)/t63?,64?,65-,66+,67+/m0/s1. The second kappa shape index (κ2) is 60.7. The minimum atomic E-state index is -4.95. The fourth-order valence-corrected chi connectivity index (χ4v) is 12.2. The fraction of sp³-hybridized carbons (Fsp3) is 0.944. The van der Waals surface area contributed by atoms with E-state index in [4.69, 9.17) is 37.0 Å². The lowest BCUT2D eigenvalue weighted by molar-refractivity contribution is -0.161. The van der Waals surface area contributed by atoms with Crippen molar-refractivity contribution in [1.82, 2.24) is 0 Å². The van der Waals surface area contributed by atoms with Gasteiger partial charge in [0.1, 0.15) is 19.3 Å².